The summed E-state index contributed by atoms with van der Waals surface area (Å²) in [5.41, 5.74) is 2.32. The van der Waals surface area contributed by atoms with Gasteiger partial charge in [-0.25, -0.2) is 4.68 Å². The van der Waals surface area contributed by atoms with Gasteiger partial charge in [0.15, 0.2) is 0 Å². The molecule has 1 heterocycles. The van der Waals surface area contributed by atoms with Gasteiger partial charge in [-0.1, -0.05) is 54.6 Å². The summed E-state index contributed by atoms with van der Waals surface area (Å²) in [6, 6.07) is 24.8. The molecule has 1 amide bonds. The second-order valence-corrected chi connectivity index (χ2v) is 7.19. The van der Waals surface area contributed by atoms with Crippen LogP contribution in [0, 0.1) is 0 Å². The van der Waals surface area contributed by atoms with Crippen LogP contribution in [0.1, 0.15) is 5.56 Å². The molecule has 0 atom stereocenters. The number of carbonyl (C=O) groups is 1. The topological polar surface area (TPSA) is 73.2 Å². The molecule has 0 unspecified atom stereocenters. The monoisotopic (exact) mass is 413 g/mol. The first kappa shape index (κ1) is 20.3. The third kappa shape index (κ3) is 4.80. The summed E-state index contributed by atoms with van der Waals surface area (Å²) in [5, 5.41) is 9.44. The van der Waals surface area contributed by atoms with Crippen LogP contribution in [0.25, 0.3) is 22.0 Å². The quantitative estimate of drug-likeness (QED) is 0.504. The summed E-state index contributed by atoms with van der Waals surface area (Å²) in [7, 11) is 1.62. The zero-order valence-electron chi connectivity index (χ0n) is 17.2. The Hall–Kier alpha value is -3.93. The van der Waals surface area contributed by atoms with Gasteiger partial charge in [-0.2, -0.15) is 5.10 Å². The van der Waals surface area contributed by atoms with Crippen molar-refractivity contribution in [3.05, 3.63) is 94.8 Å². The van der Waals surface area contributed by atoms with Crippen molar-refractivity contribution in [3.63, 3.8) is 0 Å². The fourth-order valence-electron chi connectivity index (χ4n) is 3.52. The van der Waals surface area contributed by atoms with Crippen molar-refractivity contribution in [1.82, 2.24) is 15.1 Å². The van der Waals surface area contributed by atoms with Gasteiger partial charge in [-0.05, 0) is 41.0 Å². The molecule has 156 valence electrons. The zero-order valence-corrected chi connectivity index (χ0v) is 17.2. The SMILES string of the molecule is COc1cccc(CCNC(=O)Cn2nc(-c3cccc4ccccc34)ccc2=O)c1. The normalized spacial score (nSPS) is 10.7. The van der Waals surface area contributed by atoms with Crippen molar-refractivity contribution >= 4 is 16.7 Å². The van der Waals surface area contributed by atoms with Crippen LogP contribution in [0.2, 0.25) is 0 Å². The van der Waals surface area contributed by atoms with Crippen molar-refractivity contribution in [1.29, 1.82) is 0 Å². The van der Waals surface area contributed by atoms with Crippen molar-refractivity contribution in [2.24, 2.45) is 0 Å². The molecule has 0 radical (unpaired) electrons. The van der Waals surface area contributed by atoms with Gasteiger partial charge in [0.25, 0.3) is 5.56 Å². The highest BCUT2D eigenvalue weighted by Gasteiger charge is 2.10. The molecule has 1 N–H and O–H groups in total. The van der Waals surface area contributed by atoms with Crippen molar-refractivity contribution in [2.75, 3.05) is 13.7 Å². The lowest BCUT2D eigenvalue weighted by atomic mass is 10.0. The molecule has 4 aromatic rings. The number of hydrogen-bond donors (Lipinski definition) is 1. The van der Waals surface area contributed by atoms with Gasteiger partial charge in [-0.3, -0.25) is 9.59 Å². The Balaban J connectivity index is 1.46. The fraction of sp³-hybridized carbons (Fsp3) is 0.160. The predicted molar refractivity (Wildman–Crippen MR) is 121 cm³/mol. The molecule has 0 saturated heterocycles. The van der Waals surface area contributed by atoms with Crippen molar-refractivity contribution in [3.8, 4) is 17.0 Å². The highest BCUT2D eigenvalue weighted by molar-refractivity contribution is 5.95. The number of ether oxygens (including phenoxy) is 1. The molecule has 0 aliphatic carbocycles. The van der Waals surface area contributed by atoms with Gasteiger partial charge < -0.3 is 10.1 Å². The van der Waals surface area contributed by atoms with E-state index < -0.39 is 0 Å². The predicted octanol–water partition coefficient (Wildman–Crippen LogP) is 3.43. The van der Waals surface area contributed by atoms with Crippen LogP contribution in [0.4, 0.5) is 0 Å². The van der Waals surface area contributed by atoms with Crippen LogP contribution in [0.3, 0.4) is 0 Å². The first-order chi connectivity index (χ1) is 15.1. The van der Waals surface area contributed by atoms with E-state index in [1.807, 2.05) is 66.7 Å². The Kier molecular flexibility index (Phi) is 6.08. The van der Waals surface area contributed by atoms with E-state index in [2.05, 4.69) is 10.4 Å². The second-order valence-electron chi connectivity index (χ2n) is 7.19. The van der Waals surface area contributed by atoms with Crippen LogP contribution >= 0.6 is 0 Å². The number of carbonyl (C=O) groups excluding carboxylic acids is 1. The Labute approximate surface area is 180 Å². The van der Waals surface area contributed by atoms with E-state index in [4.69, 9.17) is 4.74 Å². The molecule has 0 aliphatic heterocycles. The highest BCUT2D eigenvalue weighted by Crippen LogP contribution is 2.26. The number of amides is 1. The Bertz CT molecular complexity index is 1270. The van der Waals surface area contributed by atoms with Crippen LogP contribution in [0.15, 0.2) is 83.7 Å². The maximum atomic E-state index is 12.4. The molecular weight excluding hydrogens is 390 g/mol. The average molecular weight is 413 g/mol. The van der Waals surface area contributed by atoms with Crippen LogP contribution in [0.5, 0.6) is 5.75 Å². The van der Waals surface area contributed by atoms with Gasteiger partial charge in [0.1, 0.15) is 12.3 Å². The van der Waals surface area contributed by atoms with Gasteiger partial charge in [0.2, 0.25) is 5.91 Å². The summed E-state index contributed by atoms with van der Waals surface area (Å²) in [5.74, 6) is 0.525. The molecule has 0 aliphatic rings. The maximum absolute atomic E-state index is 12.4. The number of hydrogen-bond acceptors (Lipinski definition) is 4. The average Bonchev–Trinajstić information content (AvgIpc) is 2.80. The molecule has 0 fully saturated rings. The molecule has 3 aromatic carbocycles. The van der Waals surface area contributed by atoms with Crippen molar-refractivity contribution in [2.45, 2.75) is 13.0 Å². The minimum atomic E-state index is -0.313. The Morgan fingerprint density at radius 1 is 1.00 bits per heavy atom. The molecule has 0 bridgehead atoms. The minimum absolute atomic E-state index is 0.129. The van der Waals surface area contributed by atoms with E-state index in [1.54, 1.807) is 13.2 Å². The lowest BCUT2D eigenvalue weighted by Crippen LogP contribution is -2.34. The van der Waals surface area contributed by atoms with Gasteiger partial charge in [-0.15, -0.1) is 0 Å². The molecular formula is C25H23N3O3. The molecule has 1 aromatic heterocycles. The molecule has 6 heteroatoms. The number of methoxy groups -OCH3 is 1. The smallest absolute Gasteiger partial charge is 0.267 e. The molecule has 0 spiro atoms. The molecule has 4 rings (SSSR count). The summed E-state index contributed by atoms with van der Waals surface area (Å²) < 4.78 is 6.42. The van der Waals surface area contributed by atoms with E-state index in [1.165, 1.54) is 10.7 Å². The highest BCUT2D eigenvalue weighted by atomic mass is 16.5. The molecule has 31 heavy (non-hydrogen) atoms. The third-order valence-electron chi connectivity index (χ3n) is 5.10. The van der Waals surface area contributed by atoms with Crippen LogP contribution in [-0.2, 0) is 17.8 Å². The minimum Gasteiger partial charge on any atom is -0.497 e. The maximum Gasteiger partial charge on any atom is 0.267 e. The Morgan fingerprint density at radius 2 is 1.81 bits per heavy atom. The number of aromatic nitrogens is 2. The number of nitrogens with zero attached hydrogens (tertiary/aromatic N) is 2. The first-order valence-electron chi connectivity index (χ1n) is 10.1. The van der Waals surface area contributed by atoms with E-state index in [9.17, 15) is 9.59 Å². The molecule has 0 saturated carbocycles. The van der Waals surface area contributed by atoms with E-state index >= 15 is 0 Å². The van der Waals surface area contributed by atoms with E-state index in [-0.39, 0.29) is 18.0 Å². The summed E-state index contributed by atoms with van der Waals surface area (Å²) in [6.07, 6.45) is 0.668. The Morgan fingerprint density at radius 3 is 2.68 bits per heavy atom. The van der Waals surface area contributed by atoms with Crippen LogP contribution in [-0.4, -0.2) is 29.3 Å². The second kappa shape index (κ2) is 9.26. The van der Waals surface area contributed by atoms with Crippen LogP contribution < -0.4 is 15.6 Å². The van der Waals surface area contributed by atoms with Gasteiger partial charge in [0.05, 0.1) is 12.8 Å². The summed E-state index contributed by atoms with van der Waals surface area (Å²) >= 11 is 0. The first-order valence-corrected chi connectivity index (χ1v) is 10.1. The van der Waals surface area contributed by atoms with Gasteiger partial charge in [0, 0.05) is 18.2 Å². The number of fused-ring (bicyclic) bond motifs is 1. The summed E-state index contributed by atoms with van der Waals surface area (Å²) in [4.78, 5) is 24.7. The molecule has 6 nitrogen and oxygen atoms in total. The number of benzene rings is 3. The van der Waals surface area contributed by atoms with Gasteiger partial charge >= 0.3 is 0 Å². The zero-order chi connectivity index (χ0) is 21.6. The fourth-order valence-corrected chi connectivity index (χ4v) is 3.52. The standard InChI is InChI=1S/C25H23N3O3/c1-31-20-9-4-6-18(16-20)14-15-26-24(29)17-28-25(30)13-12-23(27-28)22-11-5-8-19-7-2-3-10-21(19)22/h2-13,16H,14-15,17H2,1H3,(H,26,29). The van der Waals surface area contributed by atoms with E-state index in [0.29, 0.717) is 18.7 Å². The number of rotatable bonds is 7. The lowest BCUT2D eigenvalue weighted by Gasteiger charge is -2.10. The number of nitrogens with one attached hydrogen (secondary N) is 1. The van der Waals surface area contributed by atoms with E-state index in [0.717, 1.165) is 27.6 Å². The third-order valence-corrected chi connectivity index (χ3v) is 5.10. The van der Waals surface area contributed by atoms with Crippen molar-refractivity contribution < 1.29 is 9.53 Å². The lowest BCUT2D eigenvalue weighted by molar-refractivity contribution is -0.121. The largest absolute Gasteiger partial charge is 0.497 e. The summed E-state index contributed by atoms with van der Waals surface area (Å²) in [6.45, 7) is 0.333.